The molecule has 2 rings (SSSR count). The van der Waals surface area contributed by atoms with Crippen molar-refractivity contribution in [3.63, 3.8) is 0 Å². The summed E-state index contributed by atoms with van der Waals surface area (Å²) in [6, 6.07) is 7.84. The SMILES string of the molecule is CCCC1CC(O)(c2ccc(OC(C)C)cc2)CCO1. The summed E-state index contributed by atoms with van der Waals surface area (Å²) in [5, 5.41) is 10.9. The summed E-state index contributed by atoms with van der Waals surface area (Å²) in [7, 11) is 0. The lowest BCUT2D eigenvalue weighted by atomic mass is 9.83. The average Bonchev–Trinajstić information content (AvgIpc) is 2.39. The van der Waals surface area contributed by atoms with Crippen LogP contribution in [0.5, 0.6) is 5.75 Å². The molecule has 0 aliphatic carbocycles. The molecule has 0 saturated carbocycles. The molecule has 1 saturated heterocycles. The maximum absolute atomic E-state index is 10.9. The van der Waals surface area contributed by atoms with E-state index in [4.69, 9.17) is 9.47 Å². The van der Waals surface area contributed by atoms with E-state index < -0.39 is 5.60 Å². The van der Waals surface area contributed by atoms with Gasteiger partial charge in [0.05, 0.1) is 24.4 Å². The Morgan fingerprint density at radius 1 is 1.35 bits per heavy atom. The zero-order valence-corrected chi connectivity index (χ0v) is 12.8. The molecule has 1 heterocycles. The molecule has 0 amide bonds. The highest BCUT2D eigenvalue weighted by atomic mass is 16.5. The Bertz CT molecular complexity index is 411. The Hall–Kier alpha value is -1.06. The van der Waals surface area contributed by atoms with E-state index in [2.05, 4.69) is 6.92 Å². The minimum absolute atomic E-state index is 0.168. The van der Waals surface area contributed by atoms with Crippen LogP contribution in [0.3, 0.4) is 0 Å². The number of aliphatic hydroxyl groups is 1. The van der Waals surface area contributed by atoms with Gasteiger partial charge in [0.25, 0.3) is 0 Å². The number of rotatable bonds is 5. The predicted molar refractivity (Wildman–Crippen MR) is 80.0 cm³/mol. The Balaban J connectivity index is 2.08. The van der Waals surface area contributed by atoms with Crippen LogP contribution in [-0.2, 0) is 10.3 Å². The zero-order valence-electron chi connectivity index (χ0n) is 12.8. The van der Waals surface area contributed by atoms with E-state index in [0.29, 0.717) is 19.4 Å². The third-order valence-electron chi connectivity index (χ3n) is 3.81. The summed E-state index contributed by atoms with van der Waals surface area (Å²) in [5.41, 5.74) is 0.215. The molecule has 3 heteroatoms. The van der Waals surface area contributed by atoms with Crippen molar-refractivity contribution < 1.29 is 14.6 Å². The predicted octanol–water partition coefficient (Wildman–Crippen LogP) is 3.64. The molecule has 0 bridgehead atoms. The first-order valence-electron chi connectivity index (χ1n) is 7.64. The molecule has 0 radical (unpaired) electrons. The van der Waals surface area contributed by atoms with Gasteiger partial charge in [-0.05, 0) is 38.0 Å². The van der Waals surface area contributed by atoms with Crippen LogP contribution in [-0.4, -0.2) is 23.9 Å². The fourth-order valence-electron chi connectivity index (χ4n) is 2.82. The quantitative estimate of drug-likeness (QED) is 0.893. The zero-order chi connectivity index (χ0) is 14.6. The molecule has 1 fully saturated rings. The summed E-state index contributed by atoms with van der Waals surface area (Å²) in [6.07, 6.45) is 3.79. The third-order valence-corrected chi connectivity index (χ3v) is 3.81. The molecule has 3 nitrogen and oxygen atoms in total. The summed E-state index contributed by atoms with van der Waals surface area (Å²) >= 11 is 0. The van der Waals surface area contributed by atoms with Gasteiger partial charge in [-0.2, -0.15) is 0 Å². The van der Waals surface area contributed by atoms with Crippen LogP contribution in [0.25, 0.3) is 0 Å². The van der Waals surface area contributed by atoms with Gasteiger partial charge in [0.2, 0.25) is 0 Å². The molecule has 1 aromatic rings. The van der Waals surface area contributed by atoms with E-state index in [0.717, 1.165) is 24.2 Å². The highest BCUT2D eigenvalue weighted by Gasteiger charge is 2.36. The van der Waals surface area contributed by atoms with Gasteiger partial charge in [-0.3, -0.25) is 0 Å². The van der Waals surface area contributed by atoms with Gasteiger partial charge in [0.1, 0.15) is 5.75 Å². The normalized spacial score (nSPS) is 26.8. The van der Waals surface area contributed by atoms with Gasteiger partial charge < -0.3 is 14.6 Å². The maximum atomic E-state index is 10.9. The topological polar surface area (TPSA) is 38.7 Å². The second-order valence-corrected chi connectivity index (χ2v) is 5.96. The van der Waals surface area contributed by atoms with Crippen LogP contribution in [0.4, 0.5) is 0 Å². The summed E-state index contributed by atoms with van der Waals surface area (Å²) < 4.78 is 11.4. The Labute approximate surface area is 121 Å². The molecule has 20 heavy (non-hydrogen) atoms. The largest absolute Gasteiger partial charge is 0.491 e. The Morgan fingerprint density at radius 3 is 2.65 bits per heavy atom. The minimum Gasteiger partial charge on any atom is -0.491 e. The van der Waals surface area contributed by atoms with Crippen molar-refractivity contribution in [3.05, 3.63) is 29.8 Å². The molecule has 2 unspecified atom stereocenters. The van der Waals surface area contributed by atoms with Gasteiger partial charge in [0.15, 0.2) is 0 Å². The molecule has 1 aliphatic rings. The van der Waals surface area contributed by atoms with Gasteiger partial charge >= 0.3 is 0 Å². The molecular formula is C17H26O3. The molecule has 0 aromatic heterocycles. The van der Waals surface area contributed by atoms with Crippen LogP contribution in [0.15, 0.2) is 24.3 Å². The van der Waals surface area contributed by atoms with E-state index >= 15 is 0 Å². The lowest BCUT2D eigenvalue weighted by Crippen LogP contribution is -2.38. The van der Waals surface area contributed by atoms with Crippen LogP contribution in [0.2, 0.25) is 0 Å². The van der Waals surface area contributed by atoms with Crippen molar-refractivity contribution in [1.82, 2.24) is 0 Å². The summed E-state index contributed by atoms with van der Waals surface area (Å²) in [5.74, 6) is 0.851. The fourth-order valence-corrected chi connectivity index (χ4v) is 2.82. The van der Waals surface area contributed by atoms with Crippen LogP contribution in [0.1, 0.15) is 52.0 Å². The fraction of sp³-hybridized carbons (Fsp3) is 0.647. The lowest BCUT2D eigenvalue weighted by molar-refractivity contribution is -0.110. The molecular weight excluding hydrogens is 252 g/mol. The van der Waals surface area contributed by atoms with Crippen LogP contribution >= 0.6 is 0 Å². The van der Waals surface area contributed by atoms with E-state index in [9.17, 15) is 5.11 Å². The molecule has 1 aromatic carbocycles. The second-order valence-electron chi connectivity index (χ2n) is 5.96. The van der Waals surface area contributed by atoms with Gasteiger partial charge in [-0.1, -0.05) is 25.5 Å². The Kier molecular flexibility index (Phi) is 5.06. The first-order valence-corrected chi connectivity index (χ1v) is 7.64. The first-order chi connectivity index (χ1) is 9.53. The van der Waals surface area contributed by atoms with Crippen molar-refractivity contribution in [1.29, 1.82) is 0 Å². The van der Waals surface area contributed by atoms with Crippen molar-refractivity contribution in [2.24, 2.45) is 0 Å². The van der Waals surface area contributed by atoms with Crippen molar-refractivity contribution >= 4 is 0 Å². The van der Waals surface area contributed by atoms with E-state index in [1.54, 1.807) is 0 Å². The van der Waals surface area contributed by atoms with Crippen molar-refractivity contribution in [2.75, 3.05) is 6.61 Å². The molecule has 1 N–H and O–H groups in total. The number of benzene rings is 1. The van der Waals surface area contributed by atoms with E-state index in [1.807, 2.05) is 38.1 Å². The van der Waals surface area contributed by atoms with Crippen LogP contribution in [0, 0.1) is 0 Å². The summed E-state index contributed by atoms with van der Waals surface area (Å²) in [4.78, 5) is 0. The molecule has 1 aliphatic heterocycles. The molecule has 112 valence electrons. The number of hydrogen-bond donors (Lipinski definition) is 1. The number of ether oxygens (including phenoxy) is 2. The summed E-state index contributed by atoms with van der Waals surface area (Å²) in [6.45, 7) is 6.80. The van der Waals surface area contributed by atoms with E-state index in [1.165, 1.54) is 0 Å². The highest BCUT2D eigenvalue weighted by Crippen LogP contribution is 2.36. The lowest BCUT2D eigenvalue weighted by Gasteiger charge is -2.37. The van der Waals surface area contributed by atoms with Gasteiger partial charge in [-0.15, -0.1) is 0 Å². The van der Waals surface area contributed by atoms with Crippen molar-refractivity contribution in [3.8, 4) is 5.75 Å². The van der Waals surface area contributed by atoms with Crippen LogP contribution < -0.4 is 4.74 Å². The van der Waals surface area contributed by atoms with E-state index in [-0.39, 0.29) is 12.2 Å². The molecule has 2 atom stereocenters. The average molecular weight is 278 g/mol. The van der Waals surface area contributed by atoms with Gasteiger partial charge in [0, 0.05) is 12.8 Å². The Morgan fingerprint density at radius 2 is 2.05 bits per heavy atom. The number of hydrogen-bond acceptors (Lipinski definition) is 3. The second kappa shape index (κ2) is 6.59. The monoisotopic (exact) mass is 278 g/mol. The highest BCUT2D eigenvalue weighted by molar-refractivity contribution is 5.31. The van der Waals surface area contributed by atoms with Crippen molar-refractivity contribution in [2.45, 2.75) is 64.3 Å². The first kappa shape index (κ1) is 15.3. The van der Waals surface area contributed by atoms with Gasteiger partial charge in [-0.25, -0.2) is 0 Å². The standard InChI is InChI=1S/C17H26O3/c1-4-5-16-12-17(18,10-11-19-16)14-6-8-15(9-7-14)20-13(2)3/h6-9,13,16,18H,4-5,10-12H2,1-3H3. The maximum Gasteiger partial charge on any atom is 0.119 e. The molecule has 0 spiro atoms. The minimum atomic E-state index is -0.756. The smallest absolute Gasteiger partial charge is 0.119 e. The third kappa shape index (κ3) is 3.74.